The highest BCUT2D eigenvalue weighted by Gasteiger charge is 2.21. The van der Waals surface area contributed by atoms with Crippen LogP contribution < -0.4 is 9.88 Å². The molecule has 0 amide bonds. The van der Waals surface area contributed by atoms with Crippen molar-refractivity contribution in [1.82, 2.24) is 10.2 Å². The number of nitrogens with two attached hydrogens (primary N) is 1. The number of hydrogen-bond acceptors (Lipinski definition) is 4. The van der Waals surface area contributed by atoms with Gasteiger partial charge < -0.3 is 4.74 Å². The van der Waals surface area contributed by atoms with Crippen LogP contribution >= 0.6 is 0 Å². The van der Waals surface area contributed by atoms with Crippen LogP contribution in [0.4, 0.5) is 0 Å². The Bertz CT molecular complexity index is 1040. The third-order valence-electron chi connectivity index (χ3n) is 4.12. The topological polar surface area (TPSA) is 98.1 Å². The normalized spacial score (nSPS) is 13.1. The Morgan fingerprint density at radius 2 is 1.96 bits per heavy atom. The van der Waals surface area contributed by atoms with Crippen molar-refractivity contribution < 1.29 is 13.2 Å². The van der Waals surface area contributed by atoms with E-state index in [0.29, 0.717) is 6.61 Å². The van der Waals surface area contributed by atoms with Crippen LogP contribution in [0, 0.1) is 13.1 Å². The number of benzene rings is 2. The second-order valence-corrected chi connectivity index (χ2v) is 7.27. The molecule has 4 rings (SSSR count). The van der Waals surface area contributed by atoms with Crippen molar-refractivity contribution in [2.24, 2.45) is 5.14 Å². The van der Waals surface area contributed by atoms with E-state index in [1.54, 1.807) is 12.1 Å². The lowest BCUT2D eigenvalue weighted by molar-refractivity contribution is 0.302. The Labute approximate surface area is 139 Å². The van der Waals surface area contributed by atoms with Gasteiger partial charge in [-0.1, -0.05) is 12.1 Å². The van der Waals surface area contributed by atoms with E-state index in [4.69, 9.17) is 9.88 Å². The summed E-state index contributed by atoms with van der Waals surface area (Å²) in [7, 11) is -3.70. The van der Waals surface area contributed by atoms with Crippen molar-refractivity contribution in [3.8, 4) is 28.1 Å². The van der Waals surface area contributed by atoms with Gasteiger partial charge in [-0.3, -0.25) is 5.10 Å². The standard InChI is InChI=1S/C17H14N3O3S/c1-10-6-16-15(17-12(9-23-16)8-19-20-17)7-14(10)11-2-4-13(5-3-11)24(18,21)22/h2-7H,9H2,1H3,(H,19,20)(H2,18,21,22). The molecule has 0 aliphatic carbocycles. The number of rotatable bonds is 2. The van der Waals surface area contributed by atoms with Gasteiger partial charge >= 0.3 is 0 Å². The van der Waals surface area contributed by atoms with Crippen molar-refractivity contribution >= 4 is 10.0 Å². The minimum Gasteiger partial charge on any atom is -0.488 e. The first-order valence-corrected chi connectivity index (χ1v) is 8.84. The van der Waals surface area contributed by atoms with Crippen molar-refractivity contribution in [1.29, 1.82) is 0 Å². The van der Waals surface area contributed by atoms with Crippen molar-refractivity contribution in [3.63, 3.8) is 0 Å². The van der Waals surface area contributed by atoms with E-state index >= 15 is 0 Å². The smallest absolute Gasteiger partial charge is 0.238 e. The molecule has 2 aromatic carbocycles. The number of aromatic nitrogens is 2. The number of H-pyrrole nitrogens is 1. The van der Waals surface area contributed by atoms with Gasteiger partial charge in [0.25, 0.3) is 0 Å². The molecule has 1 aromatic heterocycles. The molecule has 0 bridgehead atoms. The maximum atomic E-state index is 11.4. The Hall–Kier alpha value is -2.64. The molecule has 6 nitrogen and oxygen atoms in total. The molecule has 1 radical (unpaired) electrons. The van der Waals surface area contributed by atoms with Crippen molar-refractivity contribution in [2.45, 2.75) is 18.4 Å². The number of primary sulfonamides is 1. The molecule has 7 heteroatoms. The van der Waals surface area contributed by atoms with Gasteiger partial charge in [-0.15, -0.1) is 0 Å². The lowest BCUT2D eigenvalue weighted by atomic mass is 9.94. The zero-order valence-corrected chi connectivity index (χ0v) is 13.6. The van der Waals surface area contributed by atoms with Crippen molar-refractivity contribution in [2.75, 3.05) is 0 Å². The highest BCUT2D eigenvalue weighted by molar-refractivity contribution is 7.89. The SMILES string of the molecule is Cc1cc2c(cc1-c1ccc(S(N)(=O)=O)cc1)-c1[nH]n[c]c1CO2. The average molecular weight is 340 g/mol. The fourth-order valence-corrected chi connectivity index (χ4v) is 3.40. The first-order valence-electron chi connectivity index (χ1n) is 7.29. The molecule has 0 atom stereocenters. The lowest BCUT2D eigenvalue weighted by Gasteiger charge is -2.19. The van der Waals surface area contributed by atoms with Gasteiger partial charge in [0.05, 0.1) is 10.6 Å². The van der Waals surface area contributed by atoms with Gasteiger partial charge in [0.2, 0.25) is 10.0 Å². The second kappa shape index (κ2) is 5.19. The van der Waals surface area contributed by atoms with E-state index in [2.05, 4.69) is 16.4 Å². The predicted molar refractivity (Wildman–Crippen MR) is 88.7 cm³/mol. The summed E-state index contributed by atoms with van der Waals surface area (Å²) >= 11 is 0. The van der Waals surface area contributed by atoms with Crippen LogP contribution in [-0.2, 0) is 16.6 Å². The summed E-state index contributed by atoms with van der Waals surface area (Å²) in [6.45, 7) is 2.43. The molecular formula is C17H14N3O3S. The van der Waals surface area contributed by atoms with Gasteiger partial charge in [-0.25, -0.2) is 13.6 Å². The first kappa shape index (κ1) is 14.9. The van der Waals surface area contributed by atoms with Crippen LogP contribution in [0.1, 0.15) is 11.1 Å². The Morgan fingerprint density at radius 1 is 1.21 bits per heavy atom. The number of fused-ring (bicyclic) bond motifs is 3. The number of nitrogens with one attached hydrogen (secondary N) is 1. The summed E-state index contributed by atoms with van der Waals surface area (Å²) in [5.41, 5.74) is 5.63. The molecule has 0 unspecified atom stereocenters. The fraction of sp³-hybridized carbons (Fsp3) is 0.118. The predicted octanol–water partition coefficient (Wildman–Crippen LogP) is 2.39. The second-order valence-electron chi connectivity index (χ2n) is 5.71. The number of ether oxygens (including phenoxy) is 1. The summed E-state index contributed by atoms with van der Waals surface area (Å²) in [5.74, 6) is 0.794. The van der Waals surface area contributed by atoms with Crippen LogP contribution in [-0.4, -0.2) is 18.6 Å². The molecule has 24 heavy (non-hydrogen) atoms. The largest absolute Gasteiger partial charge is 0.488 e. The highest BCUT2D eigenvalue weighted by Crippen LogP contribution is 2.40. The Morgan fingerprint density at radius 3 is 2.67 bits per heavy atom. The van der Waals surface area contributed by atoms with Crippen LogP contribution in [0.5, 0.6) is 5.75 Å². The third kappa shape index (κ3) is 2.38. The lowest BCUT2D eigenvalue weighted by Crippen LogP contribution is -2.11. The highest BCUT2D eigenvalue weighted by atomic mass is 32.2. The molecule has 1 aliphatic rings. The Kier molecular flexibility index (Phi) is 3.22. The summed E-state index contributed by atoms with van der Waals surface area (Å²) in [6.07, 6.45) is 2.89. The number of sulfonamides is 1. The van der Waals surface area contributed by atoms with Crippen molar-refractivity contribution in [3.05, 3.63) is 53.7 Å². The van der Waals surface area contributed by atoms with Gasteiger partial charge in [-0.05, 0) is 47.9 Å². The number of nitrogens with zero attached hydrogens (tertiary/aromatic N) is 1. The van der Waals surface area contributed by atoms with Crippen LogP contribution in [0.15, 0.2) is 41.3 Å². The molecule has 0 fully saturated rings. The van der Waals surface area contributed by atoms with Gasteiger partial charge in [-0.2, -0.15) is 5.10 Å². The quantitative estimate of drug-likeness (QED) is 0.748. The van der Waals surface area contributed by atoms with Crippen LogP contribution in [0.2, 0.25) is 0 Å². The summed E-state index contributed by atoms with van der Waals surface area (Å²) in [4.78, 5) is 0.0932. The monoisotopic (exact) mass is 340 g/mol. The molecule has 0 saturated heterocycles. The maximum Gasteiger partial charge on any atom is 0.238 e. The van der Waals surface area contributed by atoms with E-state index in [9.17, 15) is 8.42 Å². The number of aromatic amines is 1. The van der Waals surface area contributed by atoms with Crippen LogP contribution in [0.25, 0.3) is 22.4 Å². The average Bonchev–Trinajstić information content (AvgIpc) is 3.02. The minimum atomic E-state index is -3.70. The zero-order chi connectivity index (χ0) is 16.9. The Balaban J connectivity index is 1.84. The fourth-order valence-electron chi connectivity index (χ4n) is 2.88. The summed E-state index contributed by atoms with van der Waals surface area (Å²) in [5, 5.41) is 12.1. The molecule has 0 saturated carbocycles. The first-order chi connectivity index (χ1) is 11.4. The molecule has 2 heterocycles. The number of aryl methyl sites for hydroxylation is 1. The van der Waals surface area contributed by atoms with E-state index in [1.165, 1.54) is 12.1 Å². The molecule has 3 aromatic rings. The minimum absolute atomic E-state index is 0.0932. The maximum absolute atomic E-state index is 11.4. The van der Waals surface area contributed by atoms with E-state index < -0.39 is 10.0 Å². The van der Waals surface area contributed by atoms with Gasteiger partial charge in [0.15, 0.2) is 0 Å². The molecular weight excluding hydrogens is 326 g/mol. The van der Waals surface area contributed by atoms with Crippen LogP contribution in [0.3, 0.4) is 0 Å². The zero-order valence-electron chi connectivity index (χ0n) is 12.8. The van der Waals surface area contributed by atoms with E-state index in [0.717, 1.165) is 39.3 Å². The van der Waals surface area contributed by atoms with E-state index in [-0.39, 0.29) is 4.90 Å². The summed E-state index contributed by atoms with van der Waals surface area (Å²) < 4.78 is 28.5. The number of hydrogen-bond donors (Lipinski definition) is 2. The molecule has 0 spiro atoms. The summed E-state index contributed by atoms with van der Waals surface area (Å²) in [6, 6.07) is 10.5. The van der Waals surface area contributed by atoms with Gasteiger partial charge in [0, 0.05) is 11.1 Å². The molecule has 1 aliphatic heterocycles. The third-order valence-corrected chi connectivity index (χ3v) is 5.05. The van der Waals surface area contributed by atoms with Gasteiger partial charge in [0.1, 0.15) is 18.6 Å². The molecule has 3 N–H and O–H groups in total. The van der Waals surface area contributed by atoms with E-state index in [1.807, 2.05) is 19.1 Å². The molecule has 121 valence electrons.